The van der Waals surface area contributed by atoms with E-state index >= 15 is 0 Å². The van der Waals surface area contributed by atoms with Crippen LogP contribution in [0.15, 0.2) is 84.4 Å². The lowest BCUT2D eigenvalue weighted by atomic mass is 9.95. The number of aliphatic hydroxyl groups is 1. The summed E-state index contributed by atoms with van der Waals surface area (Å²) in [5.41, 5.74) is 2.23. The van der Waals surface area contributed by atoms with E-state index in [0.717, 1.165) is 25.2 Å². The first kappa shape index (κ1) is 27.4. The van der Waals surface area contributed by atoms with Gasteiger partial charge in [0.2, 0.25) is 0 Å². The standard InChI is InChI=1S/C31H33ClN2O4/c1-3-33(4-2)18-9-19-34-28(24-12-8-13-26(20-24)38-21-22-10-6-5-7-11-22)27(30(36)31(34)37)29(35)23-14-16-25(32)17-15-23/h5-8,10-17,20,28,35H,3-4,9,18-19,21H2,1-2H3/b29-27+. The Morgan fingerprint density at radius 2 is 1.68 bits per heavy atom. The molecule has 4 rings (SSSR count). The minimum absolute atomic E-state index is 0.0698. The highest BCUT2D eigenvalue weighted by Gasteiger charge is 2.45. The zero-order valence-corrected chi connectivity index (χ0v) is 22.5. The Balaban J connectivity index is 1.69. The molecule has 1 N–H and O–H groups in total. The van der Waals surface area contributed by atoms with Gasteiger partial charge >= 0.3 is 0 Å². The van der Waals surface area contributed by atoms with Gasteiger partial charge in [-0.15, -0.1) is 0 Å². The highest BCUT2D eigenvalue weighted by molar-refractivity contribution is 6.46. The molecule has 38 heavy (non-hydrogen) atoms. The maximum absolute atomic E-state index is 13.3. The number of halogens is 1. The van der Waals surface area contributed by atoms with Crippen molar-refractivity contribution in [2.45, 2.75) is 32.9 Å². The molecule has 0 spiro atoms. The van der Waals surface area contributed by atoms with E-state index in [0.29, 0.717) is 41.5 Å². The van der Waals surface area contributed by atoms with Crippen LogP contribution in [0.4, 0.5) is 0 Å². The van der Waals surface area contributed by atoms with Gasteiger partial charge in [-0.3, -0.25) is 9.59 Å². The lowest BCUT2D eigenvalue weighted by Crippen LogP contribution is -2.33. The van der Waals surface area contributed by atoms with Gasteiger partial charge in [0.05, 0.1) is 11.6 Å². The number of likely N-dealkylation sites (tertiary alicyclic amines) is 1. The summed E-state index contributed by atoms with van der Waals surface area (Å²) in [6.45, 7) is 7.61. The number of hydrogen-bond acceptors (Lipinski definition) is 5. The van der Waals surface area contributed by atoms with Crippen molar-refractivity contribution in [3.8, 4) is 5.75 Å². The molecule has 1 atom stereocenters. The van der Waals surface area contributed by atoms with Crippen molar-refractivity contribution >= 4 is 29.1 Å². The number of nitrogens with zero attached hydrogens (tertiary/aromatic N) is 2. The molecule has 3 aromatic carbocycles. The van der Waals surface area contributed by atoms with Gasteiger partial charge in [0, 0.05) is 17.1 Å². The number of carbonyl (C=O) groups is 2. The van der Waals surface area contributed by atoms with E-state index < -0.39 is 17.7 Å². The summed E-state index contributed by atoms with van der Waals surface area (Å²) in [7, 11) is 0. The molecule has 1 aliphatic heterocycles. The highest BCUT2D eigenvalue weighted by atomic mass is 35.5. The predicted molar refractivity (Wildman–Crippen MR) is 150 cm³/mol. The van der Waals surface area contributed by atoms with Gasteiger partial charge in [-0.1, -0.05) is 67.9 Å². The Labute approximate surface area is 229 Å². The third-order valence-electron chi connectivity index (χ3n) is 6.85. The molecule has 1 unspecified atom stereocenters. The number of Topliss-reactive ketones (excluding diaryl/α,β-unsaturated/α-hetero) is 1. The summed E-state index contributed by atoms with van der Waals surface area (Å²) in [6.07, 6.45) is 0.705. The van der Waals surface area contributed by atoms with Crippen molar-refractivity contribution in [2.75, 3.05) is 26.2 Å². The van der Waals surface area contributed by atoms with Crippen LogP contribution in [0.25, 0.3) is 5.76 Å². The van der Waals surface area contributed by atoms with Crippen LogP contribution in [0.1, 0.15) is 43.0 Å². The second-order valence-electron chi connectivity index (χ2n) is 9.23. The number of amides is 1. The Morgan fingerprint density at radius 3 is 2.37 bits per heavy atom. The summed E-state index contributed by atoms with van der Waals surface area (Å²) >= 11 is 6.03. The number of benzene rings is 3. The monoisotopic (exact) mass is 532 g/mol. The van der Waals surface area contributed by atoms with Gasteiger partial charge < -0.3 is 19.6 Å². The summed E-state index contributed by atoms with van der Waals surface area (Å²) in [5, 5.41) is 11.8. The zero-order chi connectivity index (χ0) is 27.1. The molecule has 1 heterocycles. The smallest absolute Gasteiger partial charge is 0.295 e. The molecule has 0 radical (unpaired) electrons. The Hall–Kier alpha value is -3.61. The zero-order valence-electron chi connectivity index (χ0n) is 21.8. The van der Waals surface area contributed by atoms with E-state index in [1.807, 2.05) is 54.6 Å². The van der Waals surface area contributed by atoms with E-state index in [1.165, 1.54) is 0 Å². The fraction of sp³-hybridized carbons (Fsp3) is 0.290. The van der Waals surface area contributed by atoms with Crippen LogP contribution in [0.5, 0.6) is 5.75 Å². The number of carbonyl (C=O) groups excluding carboxylic acids is 2. The lowest BCUT2D eigenvalue weighted by molar-refractivity contribution is -0.140. The molecule has 1 saturated heterocycles. The first-order valence-electron chi connectivity index (χ1n) is 13.0. The third kappa shape index (κ3) is 6.26. The lowest BCUT2D eigenvalue weighted by Gasteiger charge is -2.27. The van der Waals surface area contributed by atoms with Gasteiger partial charge in [-0.05, 0) is 73.6 Å². The SMILES string of the molecule is CCN(CC)CCCN1C(=O)C(=O)/C(=C(/O)c2ccc(Cl)cc2)C1c1cccc(OCc2ccccc2)c1. The number of hydrogen-bond donors (Lipinski definition) is 1. The van der Waals surface area contributed by atoms with Gasteiger partial charge in [0.15, 0.2) is 0 Å². The average Bonchev–Trinajstić information content (AvgIpc) is 3.20. The van der Waals surface area contributed by atoms with Crippen LogP contribution >= 0.6 is 11.6 Å². The van der Waals surface area contributed by atoms with Crippen molar-refractivity contribution < 1.29 is 19.4 Å². The Kier molecular flexibility index (Phi) is 9.21. The Bertz CT molecular complexity index is 1290. The van der Waals surface area contributed by atoms with Gasteiger partial charge in [-0.2, -0.15) is 0 Å². The van der Waals surface area contributed by atoms with Crippen LogP contribution in [0.2, 0.25) is 5.02 Å². The van der Waals surface area contributed by atoms with E-state index in [2.05, 4.69) is 18.7 Å². The minimum atomic E-state index is -0.734. The number of ketones is 1. The predicted octanol–water partition coefficient (Wildman–Crippen LogP) is 6.07. The van der Waals surface area contributed by atoms with Crippen molar-refractivity contribution in [3.05, 3.63) is 106 Å². The molecule has 1 amide bonds. The van der Waals surface area contributed by atoms with E-state index in [1.54, 1.807) is 29.2 Å². The van der Waals surface area contributed by atoms with Crippen LogP contribution in [0.3, 0.4) is 0 Å². The number of ether oxygens (including phenoxy) is 1. The van der Waals surface area contributed by atoms with Crippen molar-refractivity contribution in [1.82, 2.24) is 9.80 Å². The first-order valence-corrected chi connectivity index (χ1v) is 13.3. The van der Waals surface area contributed by atoms with E-state index in [4.69, 9.17) is 16.3 Å². The molecule has 0 aliphatic carbocycles. The molecule has 0 aromatic heterocycles. The second kappa shape index (κ2) is 12.8. The molecule has 198 valence electrons. The largest absolute Gasteiger partial charge is 0.507 e. The molecule has 0 bridgehead atoms. The minimum Gasteiger partial charge on any atom is -0.507 e. The maximum Gasteiger partial charge on any atom is 0.295 e. The molecular formula is C31H33ClN2O4. The molecule has 1 aliphatic rings. The van der Waals surface area contributed by atoms with Crippen molar-refractivity contribution in [2.24, 2.45) is 0 Å². The molecular weight excluding hydrogens is 500 g/mol. The van der Waals surface area contributed by atoms with Crippen LogP contribution in [-0.2, 0) is 16.2 Å². The topological polar surface area (TPSA) is 70.1 Å². The first-order chi connectivity index (χ1) is 18.4. The van der Waals surface area contributed by atoms with Gasteiger partial charge in [-0.25, -0.2) is 0 Å². The number of rotatable bonds is 11. The summed E-state index contributed by atoms with van der Waals surface area (Å²) < 4.78 is 6.03. The average molecular weight is 533 g/mol. The fourth-order valence-corrected chi connectivity index (χ4v) is 4.87. The van der Waals surface area contributed by atoms with E-state index in [9.17, 15) is 14.7 Å². The van der Waals surface area contributed by atoms with Crippen LogP contribution < -0.4 is 4.74 Å². The van der Waals surface area contributed by atoms with Crippen molar-refractivity contribution in [1.29, 1.82) is 0 Å². The quantitative estimate of drug-likeness (QED) is 0.184. The van der Waals surface area contributed by atoms with Gasteiger partial charge in [0.1, 0.15) is 18.1 Å². The summed E-state index contributed by atoms with van der Waals surface area (Å²) in [4.78, 5) is 30.4. The molecule has 0 saturated carbocycles. The molecule has 1 fully saturated rings. The summed E-state index contributed by atoms with van der Waals surface area (Å²) in [6, 6.07) is 23.1. The molecule has 6 nitrogen and oxygen atoms in total. The van der Waals surface area contributed by atoms with E-state index in [-0.39, 0.29) is 11.3 Å². The van der Waals surface area contributed by atoms with Crippen LogP contribution in [0, 0.1) is 0 Å². The normalized spacial score (nSPS) is 16.8. The van der Waals surface area contributed by atoms with Crippen LogP contribution in [-0.4, -0.2) is 52.8 Å². The highest BCUT2D eigenvalue weighted by Crippen LogP contribution is 2.40. The summed E-state index contributed by atoms with van der Waals surface area (Å²) in [5.74, 6) is -0.903. The number of aliphatic hydroxyl groups excluding tert-OH is 1. The fourth-order valence-electron chi connectivity index (χ4n) is 4.74. The Morgan fingerprint density at radius 1 is 0.974 bits per heavy atom. The van der Waals surface area contributed by atoms with Gasteiger partial charge in [0.25, 0.3) is 11.7 Å². The molecule has 7 heteroatoms. The second-order valence-corrected chi connectivity index (χ2v) is 9.66. The maximum atomic E-state index is 13.3. The third-order valence-corrected chi connectivity index (χ3v) is 7.10. The molecule has 3 aromatic rings. The van der Waals surface area contributed by atoms with Crippen molar-refractivity contribution in [3.63, 3.8) is 0 Å².